The lowest BCUT2D eigenvalue weighted by atomic mass is 10.1. The van der Waals surface area contributed by atoms with Gasteiger partial charge in [0, 0.05) is 11.1 Å². The monoisotopic (exact) mass is 194 g/mol. The third-order valence-electron chi connectivity index (χ3n) is 1.65. The number of benzene rings is 1. The molecule has 0 spiro atoms. The van der Waals surface area contributed by atoms with Crippen LogP contribution in [0.1, 0.15) is 20.7 Å². The van der Waals surface area contributed by atoms with Crippen LogP contribution in [0.25, 0.3) is 0 Å². The molecule has 6 N–H and O–H groups in total. The molecular weight excluding hydrogens is 184 g/mol. The normalized spacial score (nSPS) is 9.29. The highest BCUT2D eigenvalue weighted by molar-refractivity contribution is 5.99. The van der Waals surface area contributed by atoms with Gasteiger partial charge in [0.05, 0.1) is 0 Å². The van der Waals surface area contributed by atoms with E-state index in [-0.39, 0.29) is 0 Å². The van der Waals surface area contributed by atoms with E-state index in [0.29, 0.717) is 11.1 Å². The Balaban J connectivity index is 3.01. The third-order valence-corrected chi connectivity index (χ3v) is 1.65. The minimum Gasteiger partial charge on any atom is -0.290 e. The number of rotatable bonds is 2. The Morgan fingerprint density at radius 2 is 1.43 bits per heavy atom. The quantitative estimate of drug-likeness (QED) is 0.272. The molecule has 1 rings (SSSR count). The molecule has 2 amide bonds. The summed E-state index contributed by atoms with van der Waals surface area (Å²) in [4.78, 5) is 22.2. The van der Waals surface area contributed by atoms with Crippen molar-refractivity contribution < 1.29 is 9.59 Å². The SMILES string of the molecule is NNC(=O)c1cccc(C(=O)NN)c1. The van der Waals surface area contributed by atoms with Gasteiger partial charge >= 0.3 is 0 Å². The Morgan fingerprint density at radius 3 is 1.79 bits per heavy atom. The predicted molar refractivity (Wildman–Crippen MR) is 49.7 cm³/mol. The first-order chi connectivity index (χ1) is 6.69. The summed E-state index contributed by atoms with van der Waals surface area (Å²) in [5, 5.41) is 0. The van der Waals surface area contributed by atoms with Crippen molar-refractivity contribution in [2.24, 2.45) is 11.7 Å². The van der Waals surface area contributed by atoms with Crippen LogP contribution in [-0.4, -0.2) is 11.8 Å². The van der Waals surface area contributed by atoms with Gasteiger partial charge in [0.1, 0.15) is 0 Å². The van der Waals surface area contributed by atoms with Crippen molar-refractivity contribution in [2.75, 3.05) is 0 Å². The molecule has 1 aromatic rings. The fourth-order valence-electron chi connectivity index (χ4n) is 0.968. The lowest BCUT2D eigenvalue weighted by molar-refractivity contribution is 0.0953. The van der Waals surface area contributed by atoms with E-state index in [2.05, 4.69) is 0 Å². The fourth-order valence-corrected chi connectivity index (χ4v) is 0.968. The highest BCUT2D eigenvalue weighted by Crippen LogP contribution is 2.04. The Bertz CT molecular complexity index is 333. The Kier molecular flexibility index (Phi) is 3.16. The number of amides is 2. The number of hydrogen-bond donors (Lipinski definition) is 4. The van der Waals surface area contributed by atoms with Gasteiger partial charge in [-0.2, -0.15) is 0 Å². The molecule has 0 saturated heterocycles. The number of nitrogens with one attached hydrogen (secondary N) is 2. The molecule has 0 aliphatic carbocycles. The number of carbonyl (C=O) groups excluding carboxylic acids is 2. The third kappa shape index (κ3) is 2.06. The number of hydrazine groups is 2. The molecule has 14 heavy (non-hydrogen) atoms. The molecule has 74 valence electrons. The summed E-state index contributed by atoms with van der Waals surface area (Å²) < 4.78 is 0. The van der Waals surface area contributed by atoms with Crippen LogP contribution in [0.3, 0.4) is 0 Å². The zero-order valence-corrected chi connectivity index (χ0v) is 7.28. The van der Waals surface area contributed by atoms with Crippen molar-refractivity contribution in [1.29, 1.82) is 0 Å². The number of hydrogen-bond acceptors (Lipinski definition) is 4. The molecule has 6 nitrogen and oxygen atoms in total. The van der Waals surface area contributed by atoms with Gasteiger partial charge < -0.3 is 0 Å². The van der Waals surface area contributed by atoms with Gasteiger partial charge in [0.25, 0.3) is 11.8 Å². The second-order valence-corrected chi connectivity index (χ2v) is 2.53. The highest BCUT2D eigenvalue weighted by Gasteiger charge is 2.07. The van der Waals surface area contributed by atoms with Gasteiger partial charge in [-0.1, -0.05) is 6.07 Å². The standard InChI is InChI=1S/C8H10N4O2/c9-11-7(13)5-2-1-3-6(4-5)8(14)12-10/h1-4H,9-10H2,(H,11,13)(H,12,14). The largest absolute Gasteiger partial charge is 0.290 e. The van der Waals surface area contributed by atoms with E-state index < -0.39 is 11.8 Å². The van der Waals surface area contributed by atoms with Crippen molar-refractivity contribution in [2.45, 2.75) is 0 Å². The van der Waals surface area contributed by atoms with Gasteiger partial charge in [0.2, 0.25) is 0 Å². The Labute approximate surface area is 80.2 Å². The molecule has 0 heterocycles. The zero-order valence-electron chi connectivity index (χ0n) is 7.28. The van der Waals surface area contributed by atoms with Crippen LogP contribution in [0.15, 0.2) is 24.3 Å². The van der Waals surface area contributed by atoms with E-state index in [1.165, 1.54) is 18.2 Å². The first-order valence-electron chi connectivity index (χ1n) is 3.81. The summed E-state index contributed by atoms with van der Waals surface area (Å²) in [6, 6.07) is 6.03. The van der Waals surface area contributed by atoms with Crippen LogP contribution in [0.4, 0.5) is 0 Å². The maximum Gasteiger partial charge on any atom is 0.265 e. The average Bonchev–Trinajstić information content (AvgIpc) is 2.27. The maximum atomic E-state index is 11.1. The molecule has 0 atom stereocenters. The summed E-state index contributed by atoms with van der Waals surface area (Å²) in [5.41, 5.74) is 4.53. The van der Waals surface area contributed by atoms with Crippen LogP contribution in [0.2, 0.25) is 0 Å². The second-order valence-electron chi connectivity index (χ2n) is 2.53. The molecule has 0 aliphatic heterocycles. The lowest BCUT2D eigenvalue weighted by Gasteiger charge is -2.02. The van der Waals surface area contributed by atoms with Gasteiger partial charge in [-0.05, 0) is 18.2 Å². The molecule has 1 aromatic carbocycles. The first kappa shape index (κ1) is 10.2. The summed E-state index contributed by atoms with van der Waals surface area (Å²) >= 11 is 0. The van der Waals surface area contributed by atoms with Crippen molar-refractivity contribution in [3.05, 3.63) is 35.4 Å². The topological polar surface area (TPSA) is 110 Å². The number of nitrogens with two attached hydrogens (primary N) is 2. The highest BCUT2D eigenvalue weighted by atomic mass is 16.2. The van der Waals surface area contributed by atoms with Crippen molar-refractivity contribution >= 4 is 11.8 Å². The molecule has 0 fully saturated rings. The van der Waals surface area contributed by atoms with E-state index >= 15 is 0 Å². The Hall–Kier alpha value is -1.92. The van der Waals surface area contributed by atoms with Crippen molar-refractivity contribution in [3.8, 4) is 0 Å². The van der Waals surface area contributed by atoms with E-state index in [1.807, 2.05) is 10.9 Å². The number of carbonyl (C=O) groups is 2. The lowest BCUT2D eigenvalue weighted by Crippen LogP contribution is -2.32. The van der Waals surface area contributed by atoms with Crippen LogP contribution < -0.4 is 22.5 Å². The molecule has 0 unspecified atom stereocenters. The van der Waals surface area contributed by atoms with Gasteiger partial charge in [0.15, 0.2) is 0 Å². The summed E-state index contributed by atoms with van der Waals surface area (Å²) in [7, 11) is 0. The van der Waals surface area contributed by atoms with Gasteiger partial charge in [-0.15, -0.1) is 0 Å². The van der Waals surface area contributed by atoms with Crippen molar-refractivity contribution in [1.82, 2.24) is 10.9 Å². The smallest absolute Gasteiger partial charge is 0.265 e. The van der Waals surface area contributed by atoms with E-state index in [9.17, 15) is 9.59 Å². The fraction of sp³-hybridized carbons (Fsp3) is 0. The number of nitrogen functional groups attached to an aromatic ring is 2. The minimum atomic E-state index is -0.461. The molecule has 0 aliphatic rings. The maximum absolute atomic E-state index is 11.1. The van der Waals surface area contributed by atoms with Crippen LogP contribution in [-0.2, 0) is 0 Å². The van der Waals surface area contributed by atoms with Crippen LogP contribution >= 0.6 is 0 Å². The second kappa shape index (κ2) is 4.35. The van der Waals surface area contributed by atoms with Crippen molar-refractivity contribution in [3.63, 3.8) is 0 Å². The van der Waals surface area contributed by atoms with E-state index in [4.69, 9.17) is 11.7 Å². The van der Waals surface area contributed by atoms with Crippen LogP contribution in [0, 0.1) is 0 Å². The summed E-state index contributed by atoms with van der Waals surface area (Å²) in [6.45, 7) is 0. The molecule has 0 saturated carbocycles. The molecule has 6 heteroatoms. The van der Waals surface area contributed by atoms with E-state index in [0.717, 1.165) is 0 Å². The summed E-state index contributed by atoms with van der Waals surface area (Å²) in [6.07, 6.45) is 0. The first-order valence-corrected chi connectivity index (χ1v) is 3.81. The minimum absolute atomic E-state index is 0.300. The zero-order chi connectivity index (χ0) is 10.6. The Morgan fingerprint density at radius 1 is 1.00 bits per heavy atom. The molecule has 0 aromatic heterocycles. The summed E-state index contributed by atoms with van der Waals surface area (Å²) in [5.74, 6) is 8.95. The molecule has 0 radical (unpaired) electrons. The average molecular weight is 194 g/mol. The molecular formula is C8H10N4O2. The van der Waals surface area contributed by atoms with Gasteiger partial charge in [-0.3, -0.25) is 20.4 Å². The van der Waals surface area contributed by atoms with Gasteiger partial charge in [-0.25, -0.2) is 11.7 Å². The predicted octanol–water partition coefficient (Wildman–Crippen LogP) is -1.11. The van der Waals surface area contributed by atoms with E-state index in [1.54, 1.807) is 6.07 Å². The van der Waals surface area contributed by atoms with Crippen LogP contribution in [0.5, 0.6) is 0 Å². The molecule has 0 bridgehead atoms.